The fourth-order valence-corrected chi connectivity index (χ4v) is 2.68. The molecule has 0 aliphatic rings. The van der Waals surface area contributed by atoms with Crippen LogP contribution in [0, 0.1) is 5.82 Å². The molecule has 0 aromatic heterocycles. The van der Waals surface area contributed by atoms with E-state index in [4.69, 9.17) is 10.5 Å². The van der Waals surface area contributed by atoms with E-state index in [0.29, 0.717) is 6.54 Å². The summed E-state index contributed by atoms with van der Waals surface area (Å²) in [5.41, 5.74) is 8.55. The van der Waals surface area contributed by atoms with Gasteiger partial charge in [0.05, 0.1) is 7.11 Å². The van der Waals surface area contributed by atoms with Gasteiger partial charge in [0.2, 0.25) is 0 Å². The molecule has 0 fully saturated rings. The summed E-state index contributed by atoms with van der Waals surface area (Å²) in [7, 11) is 1.66. The summed E-state index contributed by atoms with van der Waals surface area (Å²) in [5, 5.41) is 2.10. The fourth-order valence-electron chi connectivity index (χ4n) is 2.68. The minimum Gasteiger partial charge on any atom is -0.496 e. The lowest BCUT2D eigenvalue weighted by molar-refractivity contribution is 0.420. The molecule has 21 heavy (non-hydrogen) atoms. The number of ether oxygens (including phenoxy) is 1. The summed E-state index contributed by atoms with van der Waals surface area (Å²) in [4.78, 5) is 0. The number of benzene rings is 3. The molecule has 3 heteroatoms. The van der Waals surface area contributed by atoms with Crippen LogP contribution in [0.4, 0.5) is 4.39 Å². The van der Waals surface area contributed by atoms with Crippen molar-refractivity contribution in [3.63, 3.8) is 0 Å². The van der Waals surface area contributed by atoms with Crippen molar-refractivity contribution in [1.29, 1.82) is 0 Å². The number of hydrogen-bond donors (Lipinski definition) is 1. The molecule has 0 aliphatic heterocycles. The molecule has 2 nitrogen and oxygen atoms in total. The van der Waals surface area contributed by atoms with Crippen LogP contribution in [0.2, 0.25) is 0 Å². The number of nitrogens with two attached hydrogens (primary N) is 1. The molecule has 0 atom stereocenters. The first-order valence-corrected chi connectivity index (χ1v) is 6.79. The van der Waals surface area contributed by atoms with Crippen LogP contribution in [-0.4, -0.2) is 7.11 Å². The molecule has 0 saturated heterocycles. The summed E-state index contributed by atoms with van der Waals surface area (Å²) in [5.74, 6) is 0.558. The zero-order valence-corrected chi connectivity index (χ0v) is 11.8. The number of rotatable bonds is 3. The molecule has 2 N–H and O–H groups in total. The first-order valence-electron chi connectivity index (χ1n) is 6.79. The van der Waals surface area contributed by atoms with Crippen LogP contribution in [0.5, 0.6) is 5.75 Å². The summed E-state index contributed by atoms with van der Waals surface area (Å²) in [6.45, 7) is 0.299. The SMILES string of the molecule is COc1ccc(-c2ccc(F)cc2CN)c2ccccc12. The maximum Gasteiger partial charge on any atom is 0.126 e. The molecule has 0 radical (unpaired) electrons. The number of hydrogen-bond acceptors (Lipinski definition) is 2. The van der Waals surface area contributed by atoms with Crippen LogP contribution >= 0.6 is 0 Å². The van der Waals surface area contributed by atoms with Gasteiger partial charge in [0.25, 0.3) is 0 Å². The van der Waals surface area contributed by atoms with Crippen molar-refractivity contribution >= 4 is 10.8 Å². The van der Waals surface area contributed by atoms with E-state index in [0.717, 1.165) is 33.2 Å². The molecule has 0 spiro atoms. The standard InChI is InChI=1S/C18H16FNO/c1-21-18-9-8-16(15-4-2-3-5-17(15)18)14-7-6-13(19)10-12(14)11-20/h2-10H,11,20H2,1H3. The Hall–Kier alpha value is -2.39. The van der Waals surface area contributed by atoms with E-state index in [2.05, 4.69) is 0 Å². The summed E-state index contributed by atoms with van der Waals surface area (Å²) >= 11 is 0. The highest BCUT2D eigenvalue weighted by atomic mass is 19.1. The Labute approximate surface area is 123 Å². The summed E-state index contributed by atoms with van der Waals surface area (Å²) in [6.07, 6.45) is 0. The smallest absolute Gasteiger partial charge is 0.126 e. The Kier molecular flexibility index (Phi) is 3.59. The van der Waals surface area contributed by atoms with Crippen molar-refractivity contribution in [2.24, 2.45) is 5.73 Å². The van der Waals surface area contributed by atoms with Crippen molar-refractivity contribution in [3.8, 4) is 16.9 Å². The van der Waals surface area contributed by atoms with Crippen molar-refractivity contribution in [3.05, 3.63) is 66.0 Å². The molecule has 0 bridgehead atoms. The second-order valence-corrected chi connectivity index (χ2v) is 4.87. The Bertz CT molecular complexity index is 798. The Morgan fingerprint density at radius 1 is 0.952 bits per heavy atom. The van der Waals surface area contributed by atoms with E-state index in [1.165, 1.54) is 12.1 Å². The lowest BCUT2D eigenvalue weighted by Gasteiger charge is -2.13. The third-order valence-electron chi connectivity index (χ3n) is 3.68. The topological polar surface area (TPSA) is 35.2 Å². The lowest BCUT2D eigenvalue weighted by Crippen LogP contribution is -2.00. The van der Waals surface area contributed by atoms with Gasteiger partial charge in [0.15, 0.2) is 0 Å². The number of halogens is 1. The molecule has 3 aromatic rings. The minimum atomic E-state index is -0.267. The van der Waals surface area contributed by atoms with Gasteiger partial charge in [-0.25, -0.2) is 4.39 Å². The molecule has 0 unspecified atom stereocenters. The molecular formula is C18H16FNO. The maximum absolute atomic E-state index is 13.4. The lowest BCUT2D eigenvalue weighted by atomic mass is 9.94. The van der Waals surface area contributed by atoms with Crippen molar-refractivity contribution < 1.29 is 9.13 Å². The first-order chi connectivity index (χ1) is 10.2. The molecule has 0 aliphatic carbocycles. The molecule has 0 amide bonds. The predicted molar refractivity (Wildman–Crippen MR) is 83.8 cm³/mol. The van der Waals surface area contributed by atoms with E-state index >= 15 is 0 Å². The van der Waals surface area contributed by atoms with Crippen LogP contribution in [0.25, 0.3) is 21.9 Å². The van der Waals surface area contributed by atoms with Crippen LogP contribution in [-0.2, 0) is 6.54 Å². The number of fused-ring (bicyclic) bond motifs is 1. The van der Waals surface area contributed by atoms with E-state index in [-0.39, 0.29) is 5.82 Å². The third kappa shape index (κ3) is 2.36. The molecule has 0 heterocycles. The average Bonchev–Trinajstić information content (AvgIpc) is 2.54. The van der Waals surface area contributed by atoms with Gasteiger partial charge in [0, 0.05) is 11.9 Å². The second-order valence-electron chi connectivity index (χ2n) is 4.87. The van der Waals surface area contributed by atoms with Crippen molar-refractivity contribution in [2.45, 2.75) is 6.54 Å². The first kappa shape index (κ1) is 13.6. The molecular weight excluding hydrogens is 265 g/mol. The largest absolute Gasteiger partial charge is 0.496 e. The van der Waals surface area contributed by atoms with E-state index in [1.54, 1.807) is 13.2 Å². The quantitative estimate of drug-likeness (QED) is 0.784. The van der Waals surface area contributed by atoms with Crippen molar-refractivity contribution in [2.75, 3.05) is 7.11 Å². The molecule has 3 aromatic carbocycles. The molecule has 106 valence electrons. The zero-order chi connectivity index (χ0) is 14.8. The van der Waals surface area contributed by atoms with E-state index < -0.39 is 0 Å². The zero-order valence-electron chi connectivity index (χ0n) is 11.8. The third-order valence-corrected chi connectivity index (χ3v) is 3.68. The van der Waals surface area contributed by atoms with Gasteiger partial charge in [-0.3, -0.25) is 0 Å². The van der Waals surface area contributed by atoms with E-state index in [1.807, 2.05) is 36.4 Å². The van der Waals surface area contributed by atoms with Gasteiger partial charge in [-0.2, -0.15) is 0 Å². The monoisotopic (exact) mass is 281 g/mol. The summed E-state index contributed by atoms with van der Waals surface area (Å²) < 4.78 is 18.8. The molecule has 0 saturated carbocycles. The van der Waals surface area contributed by atoms with Crippen LogP contribution < -0.4 is 10.5 Å². The summed E-state index contributed by atoms with van der Waals surface area (Å²) in [6, 6.07) is 16.7. The van der Waals surface area contributed by atoms with Gasteiger partial charge in [-0.1, -0.05) is 36.4 Å². The van der Waals surface area contributed by atoms with Crippen molar-refractivity contribution in [1.82, 2.24) is 0 Å². The predicted octanol–water partition coefficient (Wildman–Crippen LogP) is 4.11. The fraction of sp³-hybridized carbons (Fsp3) is 0.111. The molecule has 3 rings (SSSR count). The van der Waals surface area contributed by atoms with Crippen LogP contribution in [0.15, 0.2) is 54.6 Å². The number of methoxy groups -OCH3 is 1. The highest BCUT2D eigenvalue weighted by molar-refractivity contribution is 6.00. The van der Waals surface area contributed by atoms with Gasteiger partial charge in [-0.05, 0) is 40.3 Å². The Morgan fingerprint density at radius 2 is 1.67 bits per heavy atom. The Morgan fingerprint density at radius 3 is 2.38 bits per heavy atom. The van der Waals surface area contributed by atoms with E-state index in [9.17, 15) is 4.39 Å². The van der Waals surface area contributed by atoms with Gasteiger partial charge in [0.1, 0.15) is 11.6 Å². The average molecular weight is 281 g/mol. The highest BCUT2D eigenvalue weighted by Gasteiger charge is 2.11. The Balaban J connectivity index is 2.31. The van der Waals surface area contributed by atoms with Gasteiger partial charge < -0.3 is 10.5 Å². The van der Waals surface area contributed by atoms with Crippen LogP contribution in [0.1, 0.15) is 5.56 Å². The minimum absolute atomic E-state index is 0.267. The van der Waals surface area contributed by atoms with Crippen LogP contribution in [0.3, 0.4) is 0 Å². The van der Waals surface area contributed by atoms with Gasteiger partial charge >= 0.3 is 0 Å². The second kappa shape index (κ2) is 5.54. The van der Waals surface area contributed by atoms with Gasteiger partial charge in [-0.15, -0.1) is 0 Å². The normalized spacial score (nSPS) is 10.8. The maximum atomic E-state index is 13.4. The highest BCUT2D eigenvalue weighted by Crippen LogP contribution is 2.35.